The zero-order chi connectivity index (χ0) is 8.69. The molecule has 0 rings (SSSR count). The van der Waals surface area contributed by atoms with Crippen molar-refractivity contribution >= 4 is 0 Å². The number of unbranched alkanes of at least 4 members (excludes halogenated alkanes) is 1. The number of nitrogens with two attached hydrogens (primary N) is 1. The molecule has 0 aliphatic heterocycles. The fraction of sp³-hybridized carbons (Fsp3) is 0.800. The Hall–Kier alpha value is -0.300. The molecule has 0 heterocycles. The van der Waals surface area contributed by atoms with Crippen LogP contribution in [0.15, 0.2) is 12.2 Å². The number of rotatable bonds is 6. The molecule has 0 amide bonds. The molecule has 0 aromatic rings. The Morgan fingerprint density at radius 2 is 2.18 bits per heavy atom. The summed E-state index contributed by atoms with van der Waals surface area (Å²) in [5.74, 6) is 0.674. The van der Waals surface area contributed by atoms with Gasteiger partial charge in [-0.05, 0) is 32.2 Å². The Bertz CT molecular complexity index is 107. The Morgan fingerprint density at radius 3 is 2.55 bits per heavy atom. The summed E-state index contributed by atoms with van der Waals surface area (Å²) in [5.41, 5.74) is 6.88. The summed E-state index contributed by atoms with van der Waals surface area (Å²) in [5, 5.41) is 0. The summed E-state index contributed by atoms with van der Waals surface area (Å²) in [6, 6.07) is 0. The van der Waals surface area contributed by atoms with Crippen molar-refractivity contribution in [2.45, 2.75) is 39.5 Å². The molecule has 0 aromatic heterocycles. The molecule has 0 bridgehead atoms. The second-order valence-electron chi connectivity index (χ2n) is 3.41. The van der Waals surface area contributed by atoms with Gasteiger partial charge in [0, 0.05) is 0 Å². The molecule has 0 saturated carbocycles. The molecule has 11 heavy (non-hydrogen) atoms. The molecule has 1 heteroatoms. The number of allylic oxidation sites excluding steroid dienone is 1. The van der Waals surface area contributed by atoms with Crippen LogP contribution < -0.4 is 5.73 Å². The summed E-state index contributed by atoms with van der Waals surface area (Å²) < 4.78 is 0. The van der Waals surface area contributed by atoms with Gasteiger partial charge in [-0.3, -0.25) is 0 Å². The van der Waals surface area contributed by atoms with Gasteiger partial charge in [0.15, 0.2) is 0 Å². The summed E-state index contributed by atoms with van der Waals surface area (Å²) in [6.07, 6.45) is 4.94. The van der Waals surface area contributed by atoms with Crippen molar-refractivity contribution in [3.63, 3.8) is 0 Å². The lowest BCUT2D eigenvalue weighted by atomic mass is 9.95. The average molecular weight is 155 g/mol. The molecule has 1 unspecified atom stereocenters. The maximum atomic E-state index is 5.62. The van der Waals surface area contributed by atoms with Crippen LogP contribution in [-0.2, 0) is 0 Å². The van der Waals surface area contributed by atoms with Gasteiger partial charge in [0.2, 0.25) is 0 Å². The van der Waals surface area contributed by atoms with Crippen LogP contribution in [0.1, 0.15) is 39.5 Å². The Labute approximate surface area is 70.7 Å². The quantitative estimate of drug-likeness (QED) is 0.586. The van der Waals surface area contributed by atoms with Crippen LogP contribution in [0.25, 0.3) is 0 Å². The van der Waals surface area contributed by atoms with Gasteiger partial charge in [0.05, 0.1) is 0 Å². The Balaban J connectivity index is 3.49. The predicted octanol–water partition coefficient (Wildman–Crippen LogP) is 2.72. The first-order valence-corrected chi connectivity index (χ1v) is 4.55. The Morgan fingerprint density at radius 1 is 1.55 bits per heavy atom. The van der Waals surface area contributed by atoms with E-state index in [0.29, 0.717) is 5.92 Å². The standard InChI is InChI=1S/C10H21N/c1-4-5-6-10(8-11)7-9(2)3/h10H,2,4-8,11H2,1,3H3. The van der Waals surface area contributed by atoms with Crippen LogP contribution in [0.5, 0.6) is 0 Å². The predicted molar refractivity (Wildman–Crippen MR) is 51.5 cm³/mol. The lowest BCUT2D eigenvalue weighted by molar-refractivity contribution is 0.471. The van der Waals surface area contributed by atoms with E-state index in [2.05, 4.69) is 20.4 Å². The first kappa shape index (κ1) is 10.7. The van der Waals surface area contributed by atoms with Crippen molar-refractivity contribution in [2.24, 2.45) is 11.7 Å². The van der Waals surface area contributed by atoms with E-state index in [9.17, 15) is 0 Å². The van der Waals surface area contributed by atoms with Gasteiger partial charge in [-0.25, -0.2) is 0 Å². The van der Waals surface area contributed by atoms with Crippen molar-refractivity contribution in [1.29, 1.82) is 0 Å². The second kappa shape index (κ2) is 6.41. The summed E-state index contributed by atoms with van der Waals surface area (Å²) in [6.45, 7) is 9.00. The normalized spacial score (nSPS) is 13.0. The van der Waals surface area contributed by atoms with E-state index in [1.165, 1.54) is 24.8 Å². The van der Waals surface area contributed by atoms with Crippen LogP contribution in [0.2, 0.25) is 0 Å². The maximum absolute atomic E-state index is 5.62. The molecular weight excluding hydrogens is 134 g/mol. The molecule has 0 saturated heterocycles. The minimum Gasteiger partial charge on any atom is -0.330 e. The highest BCUT2D eigenvalue weighted by atomic mass is 14.5. The third-order valence-electron chi connectivity index (χ3n) is 1.94. The highest BCUT2D eigenvalue weighted by Crippen LogP contribution is 2.15. The second-order valence-corrected chi connectivity index (χ2v) is 3.41. The minimum absolute atomic E-state index is 0.674. The van der Waals surface area contributed by atoms with E-state index in [0.717, 1.165) is 13.0 Å². The molecule has 66 valence electrons. The van der Waals surface area contributed by atoms with Crippen LogP contribution in [0, 0.1) is 5.92 Å². The molecular formula is C10H21N. The molecule has 0 aliphatic carbocycles. The monoisotopic (exact) mass is 155 g/mol. The SMILES string of the molecule is C=C(C)CC(CN)CCCC. The highest BCUT2D eigenvalue weighted by molar-refractivity contribution is 4.90. The van der Waals surface area contributed by atoms with E-state index in [1.54, 1.807) is 0 Å². The zero-order valence-corrected chi connectivity index (χ0v) is 7.90. The maximum Gasteiger partial charge on any atom is -0.00458 e. The Kier molecular flexibility index (Phi) is 6.24. The van der Waals surface area contributed by atoms with Crippen molar-refractivity contribution in [1.82, 2.24) is 0 Å². The van der Waals surface area contributed by atoms with E-state index < -0.39 is 0 Å². The van der Waals surface area contributed by atoms with Crippen LogP contribution in [0.3, 0.4) is 0 Å². The van der Waals surface area contributed by atoms with E-state index >= 15 is 0 Å². The zero-order valence-electron chi connectivity index (χ0n) is 7.90. The molecule has 1 atom stereocenters. The van der Waals surface area contributed by atoms with Crippen molar-refractivity contribution in [2.75, 3.05) is 6.54 Å². The summed E-state index contributed by atoms with van der Waals surface area (Å²) in [7, 11) is 0. The fourth-order valence-corrected chi connectivity index (χ4v) is 1.29. The number of hydrogen-bond donors (Lipinski definition) is 1. The topological polar surface area (TPSA) is 26.0 Å². The summed E-state index contributed by atoms with van der Waals surface area (Å²) in [4.78, 5) is 0. The molecule has 0 radical (unpaired) electrons. The van der Waals surface area contributed by atoms with Gasteiger partial charge >= 0.3 is 0 Å². The van der Waals surface area contributed by atoms with Gasteiger partial charge in [-0.15, -0.1) is 6.58 Å². The first-order valence-electron chi connectivity index (χ1n) is 4.55. The van der Waals surface area contributed by atoms with Crippen molar-refractivity contribution in [3.8, 4) is 0 Å². The largest absolute Gasteiger partial charge is 0.330 e. The third-order valence-corrected chi connectivity index (χ3v) is 1.94. The van der Waals surface area contributed by atoms with Gasteiger partial charge in [-0.1, -0.05) is 25.3 Å². The van der Waals surface area contributed by atoms with Crippen molar-refractivity contribution in [3.05, 3.63) is 12.2 Å². The van der Waals surface area contributed by atoms with Gasteiger partial charge in [0.1, 0.15) is 0 Å². The highest BCUT2D eigenvalue weighted by Gasteiger charge is 2.04. The smallest absolute Gasteiger partial charge is 0.00458 e. The number of hydrogen-bond acceptors (Lipinski definition) is 1. The van der Waals surface area contributed by atoms with E-state index in [1.807, 2.05) is 0 Å². The first-order chi connectivity index (χ1) is 5.20. The van der Waals surface area contributed by atoms with Gasteiger partial charge < -0.3 is 5.73 Å². The van der Waals surface area contributed by atoms with Crippen LogP contribution >= 0.6 is 0 Å². The summed E-state index contributed by atoms with van der Waals surface area (Å²) >= 11 is 0. The van der Waals surface area contributed by atoms with E-state index in [4.69, 9.17) is 5.73 Å². The third kappa shape index (κ3) is 6.11. The average Bonchev–Trinajstić information content (AvgIpc) is 1.97. The lowest BCUT2D eigenvalue weighted by Gasteiger charge is -2.13. The molecule has 1 nitrogen and oxygen atoms in total. The minimum atomic E-state index is 0.674. The van der Waals surface area contributed by atoms with Crippen LogP contribution in [0.4, 0.5) is 0 Å². The van der Waals surface area contributed by atoms with Gasteiger partial charge in [-0.2, -0.15) is 0 Å². The van der Waals surface area contributed by atoms with Crippen LogP contribution in [-0.4, -0.2) is 6.54 Å². The fourth-order valence-electron chi connectivity index (χ4n) is 1.29. The lowest BCUT2D eigenvalue weighted by Crippen LogP contribution is -2.14. The molecule has 2 N–H and O–H groups in total. The molecule has 0 aliphatic rings. The van der Waals surface area contributed by atoms with Gasteiger partial charge in [0.25, 0.3) is 0 Å². The molecule has 0 spiro atoms. The molecule has 0 fully saturated rings. The van der Waals surface area contributed by atoms with Crippen molar-refractivity contribution < 1.29 is 0 Å². The van der Waals surface area contributed by atoms with E-state index in [-0.39, 0.29) is 0 Å². The molecule has 0 aromatic carbocycles.